The van der Waals surface area contributed by atoms with Crippen molar-refractivity contribution >= 4 is 28.1 Å². The molecule has 0 saturated heterocycles. The lowest BCUT2D eigenvalue weighted by molar-refractivity contribution is -0.134. The van der Waals surface area contributed by atoms with E-state index in [2.05, 4.69) is 15.6 Å². The van der Waals surface area contributed by atoms with Crippen LogP contribution in [0, 0.1) is 0 Å². The molecule has 0 aliphatic heterocycles. The Kier molecular flexibility index (Phi) is 5.09. The van der Waals surface area contributed by atoms with Gasteiger partial charge in [-0.1, -0.05) is 17.4 Å². The van der Waals surface area contributed by atoms with Gasteiger partial charge in [0.05, 0.1) is 19.0 Å². The van der Waals surface area contributed by atoms with Gasteiger partial charge in [0.15, 0.2) is 5.13 Å². The maximum absolute atomic E-state index is 12.5. The van der Waals surface area contributed by atoms with Gasteiger partial charge in [0.2, 0.25) is 5.91 Å². The maximum Gasteiger partial charge on any atom is 0.427 e. The van der Waals surface area contributed by atoms with Crippen molar-refractivity contribution < 1.29 is 22.7 Å². The summed E-state index contributed by atoms with van der Waals surface area (Å²) in [7, 11) is 1.48. The predicted molar refractivity (Wildman–Crippen MR) is 81.7 cm³/mol. The van der Waals surface area contributed by atoms with Crippen LogP contribution in [0.3, 0.4) is 0 Å². The van der Waals surface area contributed by atoms with Crippen LogP contribution in [0.4, 0.5) is 24.0 Å². The van der Waals surface area contributed by atoms with Crippen molar-refractivity contribution in [1.82, 2.24) is 4.98 Å². The second kappa shape index (κ2) is 6.86. The fraction of sp³-hybridized carbons (Fsp3) is 0.286. The highest BCUT2D eigenvalue weighted by atomic mass is 32.1. The van der Waals surface area contributed by atoms with Gasteiger partial charge < -0.3 is 15.4 Å². The summed E-state index contributed by atoms with van der Waals surface area (Å²) in [4.78, 5) is 14.1. The Bertz CT molecular complexity index is 701. The van der Waals surface area contributed by atoms with E-state index in [0.29, 0.717) is 22.8 Å². The van der Waals surface area contributed by atoms with Crippen LogP contribution in [-0.4, -0.2) is 18.0 Å². The van der Waals surface area contributed by atoms with Crippen LogP contribution in [0.1, 0.15) is 17.4 Å². The zero-order valence-electron chi connectivity index (χ0n) is 12.3. The molecule has 1 heterocycles. The topological polar surface area (TPSA) is 63.2 Å². The first-order valence-electron chi connectivity index (χ1n) is 6.51. The van der Waals surface area contributed by atoms with E-state index in [1.165, 1.54) is 14.0 Å². The van der Waals surface area contributed by atoms with E-state index in [0.717, 1.165) is 11.8 Å². The molecule has 0 fully saturated rings. The number of halogens is 3. The molecular formula is C14H14F3N3O2S. The van der Waals surface area contributed by atoms with Crippen LogP contribution >= 0.6 is 11.3 Å². The number of ether oxygens (including phenoxy) is 1. The Morgan fingerprint density at radius 3 is 2.70 bits per heavy atom. The summed E-state index contributed by atoms with van der Waals surface area (Å²) >= 11 is 0.540. The number of benzene rings is 1. The van der Waals surface area contributed by atoms with Crippen LogP contribution in [0.15, 0.2) is 24.4 Å². The minimum Gasteiger partial charge on any atom is -0.495 e. The van der Waals surface area contributed by atoms with Gasteiger partial charge in [0, 0.05) is 13.5 Å². The Morgan fingerprint density at radius 2 is 2.13 bits per heavy atom. The van der Waals surface area contributed by atoms with Crippen molar-refractivity contribution in [3.63, 3.8) is 0 Å². The van der Waals surface area contributed by atoms with Crippen molar-refractivity contribution in [2.45, 2.75) is 19.6 Å². The quantitative estimate of drug-likeness (QED) is 0.866. The molecule has 0 unspecified atom stereocenters. The molecule has 1 amide bonds. The van der Waals surface area contributed by atoms with Crippen LogP contribution < -0.4 is 15.4 Å². The van der Waals surface area contributed by atoms with Gasteiger partial charge in [0.1, 0.15) is 10.6 Å². The Morgan fingerprint density at radius 1 is 1.39 bits per heavy atom. The average Bonchev–Trinajstić information content (AvgIpc) is 2.93. The van der Waals surface area contributed by atoms with E-state index in [9.17, 15) is 18.0 Å². The summed E-state index contributed by atoms with van der Waals surface area (Å²) in [5, 5.41) is 5.63. The highest BCUT2D eigenvalue weighted by molar-refractivity contribution is 7.15. The molecule has 0 saturated carbocycles. The number of nitrogens with one attached hydrogen (secondary N) is 2. The summed E-state index contributed by atoms with van der Waals surface area (Å²) in [5.41, 5.74) is 1.26. The van der Waals surface area contributed by atoms with Crippen molar-refractivity contribution in [1.29, 1.82) is 0 Å². The third-order valence-corrected chi connectivity index (χ3v) is 3.80. The molecule has 1 aromatic carbocycles. The van der Waals surface area contributed by atoms with Gasteiger partial charge in [0.25, 0.3) is 0 Å². The van der Waals surface area contributed by atoms with Crippen LogP contribution in [0.2, 0.25) is 0 Å². The predicted octanol–water partition coefficient (Wildman–Crippen LogP) is 3.74. The molecule has 2 rings (SSSR count). The van der Waals surface area contributed by atoms with Gasteiger partial charge in [-0.05, 0) is 17.7 Å². The minimum atomic E-state index is -4.39. The monoisotopic (exact) mass is 345 g/mol. The number of carbonyl (C=O) groups is 1. The Labute approximate surface area is 134 Å². The number of amides is 1. The number of anilines is 2. The third-order valence-electron chi connectivity index (χ3n) is 2.80. The number of hydrogen-bond donors (Lipinski definition) is 2. The lowest BCUT2D eigenvalue weighted by Crippen LogP contribution is -2.08. The highest BCUT2D eigenvalue weighted by Crippen LogP contribution is 2.35. The van der Waals surface area contributed by atoms with Gasteiger partial charge in [-0.25, -0.2) is 4.98 Å². The SMILES string of the molecule is COc1ccc(CNc2ncc(C(F)(F)F)s2)cc1NC(C)=O. The molecule has 2 aromatic rings. The Hall–Kier alpha value is -2.29. The molecule has 0 radical (unpaired) electrons. The number of thiazole rings is 1. The molecule has 9 heteroatoms. The summed E-state index contributed by atoms with van der Waals surface area (Å²) in [6.45, 7) is 1.64. The molecular weight excluding hydrogens is 331 g/mol. The van der Waals surface area contributed by atoms with Crippen LogP contribution in [0.5, 0.6) is 5.75 Å². The number of nitrogens with zero attached hydrogens (tertiary/aromatic N) is 1. The molecule has 1 aromatic heterocycles. The van der Waals surface area contributed by atoms with Crippen LogP contribution in [-0.2, 0) is 17.5 Å². The fourth-order valence-corrected chi connectivity index (χ4v) is 2.50. The van der Waals surface area contributed by atoms with Crippen molar-refractivity contribution in [2.24, 2.45) is 0 Å². The summed E-state index contributed by atoms with van der Waals surface area (Å²) in [6, 6.07) is 5.10. The van der Waals surface area contributed by atoms with E-state index >= 15 is 0 Å². The number of rotatable bonds is 5. The largest absolute Gasteiger partial charge is 0.495 e. The van der Waals surface area contributed by atoms with Crippen molar-refractivity contribution in [2.75, 3.05) is 17.7 Å². The smallest absolute Gasteiger partial charge is 0.427 e. The average molecular weight is 345 g/mol. The van der Waals surface area contributed by atoms with Crippen LogP contribution in [0.25, 0.3) is 0 Å². The van der Waals surface area contributed by atoms with Gasteiger partial charge in [-0.2, -0.15) is 13.2 Å². The molecule has 0 spiro atoms. The van der Waals surface area contributed by atoms with Gasteiger partial charge >= 0.3 is 6.18 Å². The second-order valence-corrected chi connectivity index (χ2v) is 5.63. The fourth-order valence-electron chi connectivity index (χ4n) is 1.82. The number of carbonyl (C=O) groups excluding carboxylic acids is 1. The summed E-state index contributed by atoms with van der Waals surface area (Å²) in [6.07, 6.45) is -3.60. The zero-order valence-corrected chi connectivity index (χ0v) is 13.1. The first-order valence-corrected chi connectivity index (χ1v) is 7.32. The molecule has 2 N–H and O–H groups in total. The maximum atomic E-state index is 12.5. The summed E-state index contributed by atoms with van der Waals surface area (Å²) < 4.78 is 42.7. The highest BCUT2D eigenvalue weighted by Gasteiger charge is 2.33. The van der Waals surface area contributed by atoms with E-state index in [4.69, 9.17) is 4.74 Å². The molecule has 0 aliphatic rings. The lowest BCUT2D eigenvalue weighted by Gasteiger charge is -2.11. The number of hydrogen-bond acceptors (Lipinski definition) is 5. The first-order chi connectivity index (χ1) is 10.8. The minimum absolute atomic E-state index is 0.175. The number of methoxy groups -OCH3 is 1. The molecule has 23 heavy (non-hydrogen) atoms. The molecule has 5 nitrogen and oxygen atoms in total. The Balaban J connectivity index is 2.08. The molecule has 0 atom stereocenters. The van der Waals surface area contributed by atoms with Gasteiger partial charge in [-0.15, -0.1) is 0 Å². The standard InChI is InChI=1S/C14H14F3N3O2S/c1-8(21)20-10-5-9(3-4-11(10)22-2)6-18-13-19-7-12(23-13)14(15,16)17/h3-5,7H,6H2,1-2H3,(H,18,19)(H,20,21). The zero-order chi connectivity index (χ0) is 17.0. The van der Waals surface area contributed by atoms with E-state index in [1.807, 2.05) is 0 Å². The molecule has 0 bridgehead atoms. The number of alkyl halides is 3. The van der Waals surface area contributed by atoms with Crippen molar-refractivity contribution in [3.8, 4) is 5.75 Å². The molecule has 124 valence electrons. The van der Waals surface area contributed by atoms with Crippen molar-refractivity contribution in [3.05, 3.63) is 34.8 Å². The number of aromatic nitrogens is 1. The van der Waals surface area contributed by atoms with E-state index in [-0.39, 0.29) is 17.6 Å². The van der Waals surface area contributed by atoms with Gasteiger partial charge in [-0.3, -0.25) is 4.79 Å². The van der Waals surface area contributed by atoms with E-state index < -0.39 is 11.1 Å². The first kappa shape index (κ1) is 17.1. The van der Waals surface area contributed by atoms with E-state index in [1.54, 1.807) is 18.2 Å². The summed E-state index contributed by atoms with van der Waals surface area (Å²) in [5.74, 6) is 0.251. The normalized spacial score (nSPS) is 11.2. The lowest BCUT2D eigenvalue weighted by atomic mass is 10.2. The second-order valence-electron chi connectivity index (χ2n) is 4.60. The third kappa shape index (κ3) is 4.59. The molecule has 0 aliphatic carbocycles.